The van der Waals surface area contributed by atoms with Gasteiger partial charge in [0.15, 0.2) is 17.3 Å². The maximum Gasteiger partial charge on any atom is 0.168 e. The van der Waals surface area contributed by atoms with Crippen molar-refractivity contribution in [3.8, 4) is 17.2 Å². The number of hydrogen-bond acceptors (Lipinski definition) is 4. The summed E-state index contributed by atoms with van der Waals surface area (Å²) in [5, 5.41) is 0. The van der Waals surface area contributed by atoms with Gasteiger partial charge in [-0.1, -0.05) is 33.3 Å². The van der Waals surface area contributed by atoms with Gasteiger partial charge in [-0.3, -0.25) is 4.79 Å². The fourth-order valence-electron chi connectivity index (χ4n) is 4.85. The molecule has 0 saturated heterocycles. The van der Waals surface area contributed by atoms with Gasteiger partial charge >= 0.3 is 0 Å². The van der Waals surface area contributed by atoms with Gasteiger partial charge in [0.1, 0.15) is 5.75 Å². The molecule has 0 spiro atoms. The van der Waals surface area contributed by atoms with Crippen molar-refractivity contribution >= 4 is 5.78 Å². The van der Waals surface area contributed by atoms with Crippen LogP contribution >= 0.6 is 0 Å². The van der Waals surface area contributed by atoms with Gasteiger partial charge in [-0.25, -0.2) is 0 Å². The quantitative estimate of drug-likeness (QED) is 0.745. The minimum atomic E-state index is 0.0662. The van der Waals surface area contributed by atoms with Crippen molar-refractivity contribution in [2.45, 2.75) is 65.7 Å². The molecule has 1 aromatic carbocycles. The minimum absolute atomic E-state index is 0.0662. The van der Waals surface area contributed by atoms with Gasteiger partial charge in [0.05, 0.1) is 21.3 Å². The van der Waals surface area contributed by atoms with Crippen LogP contribution < -0.4 is 14.2 Å². The number of ketones is 1. The molecule has 4 nitrogen and oxygen atoms in total. The number of methoxy groups -OCH3 is 3. The lowest BCUT2D eigenvalue weighted by atomic mass is 9.70. The fourth-order valence-corrected chi connectivity index (χ4v) is 4.85. The third-order valence-electron chi connectivity index (χ3n) is 6.27. The van der Waals surface area contributed by atoms with Crippen molar-refractivity contribution in [1.82, 2.24) is 0 Å². The third kappa shape index (κ3) is 3.13. The normalized spacial score (nSPS) is 18.7. The first-order chi connectivity index (χ1) is 12.8. The van der Waals surface area contributed by atoms with Gasteiger partial charge in [0.25, 0.3) is 0 Å². The number of carbonyl (C=O) groups excluding carboxylic acids is 1. The van der Waals surface area contributed by atoms with Crippen molar-refractivity contribution in [3.63, 3.8) is 0 Å². The molecule has 0 aliphatic heterocycles. The van der Waals surface area contributed by atoms with E-state index in [1.54, 1.807) is 21.3 Å². The third-order valence-corrected chi connectivity index (χ3v) is 6.27. The first-order valence-corrected chi connectivity index (χ1v) is 9.86. The molecule has 27 heavy (non-hydrogen) atoms. The van der Waals surface area contributed by atoms with Crippen molar-refractivity contribution in [2.24, 2.45) is 5.41 Å². The average Bonchev–Trinajstić information content (AvgIpc) is 2.83. The lowest BCUT2D eigenvalue weighted by Crippen LogP contribution is -2.26. The van der Waals surface area contributed by atoms with Crippen LogP contribution in [0.5, 0.6) is 17.2 Å². The summed E-state index contributed by atoms with van der Waals surface area (Å²) in [5.74, 6) is 2.89. The number of Topliss-reactive ketones (excluding diaryl/α,β-unsaturated/α-hetero) is 1. The molecule has 0 heterocycles. The summed E-state index contributed by atoms with van der Waals surface area (Å²) >= 11 is 0. The highest BCUT2D eigenvalue weighted by atomic mass is 16.5. The monoisotopic (exact) mass is 372 g/mol. The van der Waals surface area contributed by atoms with Gasteiger partial charge < -0.3 is 14.2 Å². The molecule has 0 bridgehead atoms. The lowest BCUT2D eigenvalue weighted by Gasteiger charge is -2.34. The lowest BCUT2D eigenvalue weighted by molar-refractivity contribution is -0.116. The molecular formula is C23H32O4. The van der Waals surface area contributed by atoms with Crippen LogP contribution in [0.25, 0.3) is 0 Å². The Morgan fingerprint density at radius 1 is 0.852 bits per heavy atom. The Morgan fingerprint density at radius 2 is 1.48 bits per heavy atom. The zero-order valence-corrected chi connectivity index (χ0v) is 17.7. The molecule has 0 fully saturated rings. The minimum Gasteiger partial charge on any atom is -0.496 e. The standard InChI is InChI=1S/C23H32O4/c1-13(2)19-20(25-5)14-8-9-17-16(18(24)10-11-23(17,3)4)12-15(14)21(26-6)22(19)27-7/h13H,8-12H2,1-7H3. The van der Waals surface area contributed by atoms with Crippen LogP contribution in [0.15, 0.2) is 11.1 Å². The summed E-state index contributed by atoms with van der Waals surface area (Å²) < 4.78 is 17.5. The second-order valence-corrected chi connectivity index (χ2v) is 8.57. The van der Waals surface area contributed by atoms with Crippen LogP contribution in [0.4, 0.5) is 0 Å². The Labute approximate surface area is 162 Å². The Balaban J connectivity index is 2.29. The Morgan fingerprint density at radius 3 is 2.04 bits per heavy atom. The maximum atomic E-state index is 12.8. The predicted octanol–water partition coefficient (Wildman–Crippen LogP) is 5.01. The van der Waals surface area contributed by atoms with E-state index in [4.69, 9.17) is 14.2 Å². The smallest absolute Gasteiger partial charge is 0.168 e. The number of fused-ring (bicyclic) bond motifs is 1. The van der Waals surface area contributed by atoms with Gasteiger partial charge in [0.2, 0.25) is 0 Å². The van der Waals surface area contributed by atoms with E-state index in [2.05, 4.69) is 27.7 Å². The van der Waals surface area contributed by atoms with E-state index in [9.17, 15) is 4.79 Å². The molecule has 2 aliphatic rings. The number of allylic oxidation sites excluding steroid dienone is 2. The molecule has 148 valence electrons. The van der Waals surface area contributed by atoms with Crippen LogP contribution in [-0.2, 0) is 17.6 Å². The summed E-state index contributed by atoms with van der Waals surface area (Å²) in [6.45, 7) is 8.80. The number of ether oxygens (including phenoxy) is 3. The van der Waals surface area contributed by atoms with Gasteiger partial charge in [-0.2, -0.15) is 0 Å². The summed E-state index contributed by atoms with van der Waals surface area (Å²) in [4.78, 5) is 12.8. The number of hydrogen-bond donors (Lipinski definition) is 0. The number of carbonyl (C=O) groups is 1. The fraction of sp³-hybridized carbons (Fsp3) is 0.609. The summed E-state index contributed by atoms with van der Waals surface area (Å²) in [6, 6.07) is 0. The Hall–Kier alpha value is -1.97. The van der Waals surface area contributed by atoms with Gasteiger partial charge in [0, 0.05) is 29.5 Å². The summed E-state index contributed by atoms with van der Waals surface area (Å²) in [7, 11) is 5.08. The van der Waals surface area contributed by atoms with Crippen molar-refractivity contribution < 1.29 is 19.0 Å². The maximum absolute atomic E-state index is 12.8. The second kappa shape index (κ2) is 7.21. The van der Waals surface area contributed by atoms with E-state index in [-0.39, 0.29) is 17.1 Å². The van der Waals surface area contributed by atoms with Gasteiger partial charge in [-0.05, 0) is 36.2 Å². The van der Waals surface area contributed by atoms with E-state index >= 15 is 0 Å². The van der Waals surface area contributed by atoms with E-state index in [1.165, 1.54) is 5.57 Å². The zero-order chi connectivity index (χ0) is 19.9. The van der Waals surface area contributed by atoms with E-state index < -0.39 is 0 Å². The van der Waals surface area contributed by atoms with E-state index in [0.29, 0.717) is 12.8 Å². The number of rotatable bonds is 4. The molecule has 0 amide bonds. The molecule has 0 atom stereocenters. The molecule has 2 aliphatic carbocycles. The highest BCUT2D eigenvalue weighted by Gasteiger charge is 2.38. The molecule has 0 radical (unpaired) electrons. The van der Waals surface area contributed by atoms with Crippen LogP contribution in [0.2, 0.25) is 0 Å². The topological polar surface area (TPSA) is 44.8 Å². The molecule has 1 aromatic rings. The zero-order valence-electron chi connectivity index (χ0n) is 17.7. The van der Waals surface area contributed by atoms with Crippen LogP contribution in [0, 0.1) is 5.41 Å². The molecule has 0 N–H and O–H groups in total. The Kier molecular flexibility index (Phi) is 5.29. The molecule has 0 saturated carbocycles. The van der Waals surface area contributed by atoms with E-state index in [0.717, 1.165) is 58.8 Å². The van der Waals surface area contributed by atoms with Crippen molar-refractivity contribution in [2.75, 3.05) is 21.3 Å². The van der Waals surface area contributed by atoms with Gasteiger partial charge in [-0.15, -0.1) is 0 Å². The second-order valence-electron chi connectivity index (χ2n) is 8.57. The van der Waals surface area contributed by atoms with Crippen molar-refractivity contribution in [1.29, 1.82) is 0 Å². The number of benzene rings is 1. The molecular weight excluding hydrogens is 340 g/mol. The van der Waals surface area contributed by atoms with Crippen LogP contribution in [0.3, 0.4) is 0 Å². The highest BCUT2D eigenvalue weighted by Crippen LogP contribution is 2.52. The molecule has 3 rings (SSSR count). The van der Waals surface area contributed by atoms with Crippen molar-refractivity contribution in [3.05, 3.63) is 27.8 Å². The first kappa shape index (κ1) is 19.8. The largest absolute Gasteiger partial charge is 0.496 e. The van der Waals surface area contributed by atoms with Crippen LogP contribution in [0.1, 0.15) is 69.6 Å². The molecule has 0 unspecified atom stereocenters. The van der Waals surface area contributed by atoms with Crippen LogP contribution in [-0.4, -0.2) is 27.1 Å². The Bertz CT molecular complexity index is 799. The highest BCUT2D eigenvalue weighted by molar-refractivity contribution is 5.98. The average molecular weight is 373 g/mol. The molecule has 0 aromatic heterocycles. The first-order valence-electron chi connectivity index (χ1n) is 9.86. The molecule has 4 heteroatoms. The summed E-state index contributed by atoms with van der Waals surface area (Å²) in [5.41, 5.74) is 5.61. The van der Waals surface area contributed by atoms with E-state index in [1.807, 2.05) is 0 Å². The SMILES string of the molecule is COc1c2c(c(OC)c(C(C)C)c1OC)CCC1=C(C2)C(=O)CCC1(C)C. The summed E-state index contributed by atoms with van der Waals surface area (Å²) in [6.07, 6.45) is 3.90. The predicted molar refractivity (Wildman–Crippen MR) is 107 cm³/mol.